The fourth-order valence-corrected chi connectivity index (χ4v) is 4.24. The maximum absolute atomic E-state index is 13.5. The fourth-order valence-electron chi connectivity index (χ4n) is 3.31. The molecule has 10 heteroatoms. The van der Waals surface area contributed by atoms with Crippen LogP contribution in [0.3, 0.4) is 0 Å². The summed E-state index contributed by atoms with van der Waals surface area (Å²) in [5, 5.41) is 9.45. The van der Waals surface area contributed by atoms with Gasteiger partial charge in [0.2, 0.25) is 0 Å². The predicted octanol–water partition coefficient (Wildman–Crippen LogP) is 3.89. The van der Waals surface area contributed by atoms with Gasteiger partial charge in [0, 0.05) is 16.3 Å². The smallest absolute Gasteiger partial charge is 0.359 e. The topological polar surface area (TPSA) is 109 Å². The zero-order valence-electron chi connectivity index (χ0n) is 18.7. The molecule has 2 aromatic carbocycles. The van der Waals surface area contributed by atoms with Gasteiger partial charge in [-0.2, -0.15) is 9.78 Å². The first-order valence-corrected chi connectivity index (χ1v) is 11.2. The van der Waals surface area contributed by atoms with Crippen molar-refractivity contribution in [2.24, 2.45) is 0 Å². The summed E-state index contributed by atoms with van der Waals surface area (Å²) in [7, 11) is 3.07. The molecule has 2 aromatic heterocycles. The van der Waals surface area contributed by atoms with E-state index in [0.717, 1.165) is 16.0 Å². The molecule has 1 N–H and O–H groups in total. The number of hydrogen-bond donors (Lipinski definition) is 1. The molecule has 34 heavy (non-hydrogen) atoms. The number of carbonyl (C=O) groups excluding carboxylic acids is 2. The number of esters is 1. The standard InChI is InChI=1S/C24H21N3O6S/c1-4-33-24(30)20-18-13-34-22(25-21(28)14-5-9-16(31-2)10-6-14)19(18)23(29)27(26-20)15-7-11-17(32-3)12-8-15/h5-13H,4H2,1-3H3,(H,25,28). The molecule has 0 bridgehead atoms. The van der Waals surface area contributed by atoms with Crippen LogP contribution in [-0.2, 0) is 4.74 Å². The van der Waals surface area contributed by atoms with Crippen LogP contribution < -0.4 is 20.3 Å². The quantitative estimate of drug-likeness (QED) is 0.401. The van der Waals surface area contributed by atoms with Crippen molar-refractivity contribution in [3.8, 4) is 17.2 Å². The van der Waals surface area contributed by atoms with Gasteiger partial charge in [-0.05, 0) is 55.5 Å². The summed E-state index contributed by atoms with van der Waals surface area (Å²) >= 11 is 1.13. The van der Waals surface area contributed by atoms with Gasteiger partial charge < -0.3 is 19.5 Å². The zero-order valence-corrected chi connectivity index (χ0v) is 19.5. The molecule has 4 aromatic rings. The Morgan fingerprint density at radius 3 is 2.21 bits per heavy atom. The molecule has 0 radical (unpaired) electrons. The van der Waals surface area contributed by atoms with Crippen LogP contribution in [-0.4, -0.2) is 42.5 Å². The van der Waals surface area contributed by atoms with Crippen LogP contribution in [0.1, 0.15) is 27.8 Å². The Balaban J connectivity index is 1.83. The summed E-state index contributed by atoms with van der Waals surface area (Å²) in [6, 6.07) is 13.2. The molecule has 0 fully saturated rings. The molecule has 0 saturated carbocycles. The highest BCUT2D eigenvalue weighted by molar-refractivity contribution is 7.16. The molecule has 0 aliphatic rings. The number of methoxy groups -OCH3 is 2. The molecule has 174 valence electrons. The van der Waals surface area contributed by atoms with Crippen LogP contribution in [0.25, 0.3) is 16.5 Å². The lowest BCUT2D eigenvalue weighted by molar-refractivity contribution is 0.0520. The van der Waals surface area contributed by atoms with Crippen LogP contribution in [0.5, 0.6) is 11.5 Å². The highest BCUT2D eigenvalue weighted by atomic mass is 32.1. The molecule has 0 unspecified atom stereocenters. The number of amides is 1. The number of fused-ring (bicyclic) bond motifs is 1. The second-order valence-corrected chi connectivity index (χ2v) is 7.90. The Kier molecular flexibility index (Phi) is 6.60. The molecule has 4 rings (SSSR count). The van der Waals surface area contributed by atoms with Gasteiger partial charge in [-0.15, -0.1) is 11.3 Å². The van der Waals surface area contributed by atoms with Gasteiger partial charge in [-0.1, -0.05) is 0 Å². The number of benzene rings is 2. The Bertz CT molecular complexity index is 1410. The maximum atomic E-state index is 13.5. The first kappa shape index (κ1) is 23.0. The number of nitrogens with zero attached hydrogens (tertiary/aromatic N) is 2. The van der Waals surface area contributed by atoms with E-state index in [-0.39, 0.29) is 17.7 Å². The van der Waals surface area contributed by atoms with Crippen molar-refractivity contribution < 1.29 is 23.8 Å². The largest absolute Gasteiger partial charge is 0.497 e. The lowest BCUT2D eigenvalue weighted by Gasteiger charge is -2.10. The molecule has 0 aliphatic heterocycles. The molecule has 9 nitrogen and oxygen atoms in total. The van der Waals surface area contributed by atoms with Crippen LogP contribution >= 0.6 is 11.3 Å². The van der Waals surface area contributed by atoms with E-state index in [9.17, 15) is 14.4 Å². The number of anilines is 1. The average molecular weight is 480 g/mol. The van der Waals surface area contributed by atoms with Crippen molar-refractivity contribution in [2.75, 3.05) is 26.1 Å². The molecular formula is C24H21N3O6S. The fraction of sp³-hybridized carbons (Fsp3) is 0.167. The van der Waals surface area contributed by atoms with E-state index in [1.807, 2.05) is 0 Å². The van der Waals surface area contributed by atoms with E-state index < -0.39 is 17.4 Å². The number of carbonyl (C=O) groups is 2. The molecular weight excluding hydrogens is 458 g/mol. The van der Waals surface area contributed by atoms with E-state index in [1.165, 1.54) is 14.2 Å². The van der Waals surface area contributed by atoms with Crippen LogP contribution in [0.4, 0.5) is 5.00 Å². The van der Waals surface area contributed by atoms with Crippen molar-refractivity contribution in [3.05, 3.63) is 75.5 Å². The highest BCUT2D eigenvalue weighted by Crippen LogP contribution is 2.31. The van der Waals surface area contributed by atoms with Crippen molar-refractivity contribution in [3.63, 3.8) is 0 Å². The number of thiophene rings is 1. The average Bonchev–Trinajstić information content (AvgIpc) is 3.28. The van der Waals surface area contributed by atoms with Crippen LogP contribution in [0.2, 0.25) is 0 Å². The first-order valence-electron chi connectivity index (χ1n) is 10.3. The lowest BCUT2D eigenvalue weighted by atomic mass is 10.2. The number of nitrogens with one attached hydrogen (secondary N) is 1. The van der Waals surface area contributed by atoms with Crippen LogP contribution in [0.15, 0.2) is 58.7 Å². The molecule has 1 amide bonds. The van der Waals surface area contributed by atoms with Gasteiger partial charge in [0.15, 0.2) is 5.69 Å². The Hall–Kier alpha value is -4.18. The third-order valence-corrected chi connectivity index (χ3v) is 5.91. The molecule has 2 heterocycles. The SMILES string of the molecule is CCOC(=O)c1nn(-c2ccc(OC)cc2)c(=O)c2c(NC(=O)c3ccc(OC)cc3)scc12. The summed E-state index contributed by atoms with van der Waals surface area (Å²) in [6.07, 6.45) is 0. The van der Waals surface area contributed by atoms with Crippen molar-refractivity contribution in [1.29, 1.82) is 0 Å². The van der Waals surface area contributed by atoms with Gasteiger partial charge in [0.25, 0.3) is 11.5 Å². The Morgan fingerprint density at radius 1 is 1.00 bits per heavy atom. The van der Waals surface area contributed by atoms with Crippen molar-refractivity contribution >= 4 is 39.0 Å². The maximum Gasteiger partial charge on any atom is 0.359 e. The predicted molar refractivity (Wildman–Crippen MR) is 129 cm³/mol. The highest BCUT2D eigenvalue weighted by Gasteiger charge is 2.23. The minimum atomic E-state index is -0.666. The second kappa shape index (κ2) is 9.75. The number of ether oxygens (including phenoxy) is 3. The lowest BCUT2D eigenvalue weighted by Crippen LogP contribution is -2.25. The molecule has 0 saturated heterocycles. The summed E-state index contributed by atoms with van der Waals surface area (Å²) in [5.74, 6) is 0.147. The monoisotopic (exact) mass is 479 g/mol. The van der Waals surface area contributed by atoms with E-state index >= 15 is 0 Å². The molecule has 0 atom stereocenters. The summed E-state index contributed by atoms with van der Waals surface area (Å²) in [4.78, 5) is 38.9. The van der Waals surface area contributed by atoms with Crippen LogP contribution in [0, 0.1) is 0 Å². The minimum absolute atomic E-state index is 0.0199. The molecule has 0 spiro atoms. The van der Waals surface area contributed by atoms with Gasteiger partial charge in [-0.25, -0.2) is 4.79 Å². The summed E-state index contributed by atoms with van der Waals surface area (Å²) in [6.45, 7) is 1.83. The first-order chi connectivity index (χ1) is 16.5. The third-order valence-electron chi connectivity index (χ3n) is 5.02. The van der Waals surface area contributed by atoms with Gasteiger partial charge in [0.1, 0.15) is 16.5 Å². The number of aromatic nitrogens is 2. The number of rotatable bonds is 7. The van der Waals surface area contributed by atoms with Crippen molar-refractivity contribution in [1.82, 2.24) is 9.78 Å². The van der Waals surface area contributed by atoms with E-state index in [4.69, 9.17) is 14.2 Å². The van der Waals surface area contributed by atoms with Gasteiger partial charge in [-0.3, -0.25) is 9.59 Å². The number of hydrogen-bond acceptors (Lipinski definition) is 8. The van der Waals surface area contributed by atoms with Gasteiger partial charge in [0.05, 0.1) is 31.9 Å². The van der Waals surface area contributed by atoms with Crippen molar-refractivity contribution in [2.45, 2.75) is 6.92 Å². The minimum Gasteiger partial charge on any atom is -0.497 e. The van der Waals surface area contributed by atoms with E-state index in [1.54, 1.807) is 60.8 Å². The van der Waals surface area contributed by atoms with E-state index in [2.05, 4.69) is 10.4 Å². The third kappa shape index (κ3) is 4.35. The normalized spacial score (nSPS) is 10.7. The van der Waals surface area contributed by atoms with Gasteiger partial charge >= 0.3 is 5.97 Å². The molecule has 0 aliphatic carbocycles. The second-order valence-electron chi connectivity index (χ2n) is 7.02. The zero-order chi connectivity index (χ0) is 24.2. The Labute approximate surface area is 198 Å². The summed E-state index contributed by atoms with van der Waals surface area (Å²) < 4.78 is 16.6. The summed E-state index contributed by atoms with van der Waals surface area (Å²) in [5.41, 5.74) is 0.308. The Morgan fingerprint density at radius 2 is 1.62 bits per heavy atom. The van der Waals surface area contributed by atoms with E-state index in [0.29, 0.717) is 33.1 Å².